The molecule has 0 bridgehead atoms. The van der Waals surface area contributed by atoms with E-state index in [1.165, 1.54) is 0 Å². The lowest BCUT2D eigenvalue weighted by atomic mass is 10.0. The minimum absolute atomic E-state index is 0.0205. The summed E-state index contributed by atoms with van der Waals surface area (Å²) >= 11 is 0. The molecule has 1 aromatic carbocycles. The molecule has 0 fully saturated rings. The third kappa shape index (κ3) is 4.72. The number of carbonyl (C=O) groups is 1. The Hall–Kier alpha value is -2.14. The summed E-state index contributed by atoms with van der Waals surface area (Å²) in [6.07, 6.45) is 5.08. The van der Waals surface area contributed by atoms with Gasteiger partial charge in [0, 0.05) is 24.5 Å². The van der Waals surface area contributed by atoms with Crippen molar-refractivity contribution in [3.05, 3.63) is 48.3 Å². The Kier molecular flexibility index (Phi) is 5.51. The number of carbonyl (C=O) groups excluding carboxylic acids is 1. The zero-order valence-corrected chi connectivity index (χ0v) is 12.3. The van der Waals surface area contributed by atoms with Crippen LogP contribution in [0.25, 0.3) is 0 Å². The molecule has 0 aliphatic heterocycles. The first-order valence-corrected chi connectivity index (χ1v) is 7.27. The van der Waals surface area contributed by atoms with Gasteiger partial charge >= 0.3 is 0 Å². The van der Waals surface area contributed by atoms with Crippen molar-refractivity contribution in [2.75, 3.05) is 11.9 Å². The normalized spacial score (nSPS) is 12.1. The van der Waals surface area contributed by atoms with Crippen LogP contribution in [-0.2, 0) is 11.3 Å². The topological polar surface area (TPSA) is 72.9 Å². The first kappa shape index (κ1) is 15.3. The first-order chi connectivity index (χ1) is 10.2. The van der Waals surface area contributed by atoms with Crippen LogP contribution in [0.4, 0.5) is 5.69 Å². The second kappa shape index (κ2) is 7.59. The summed E-state index contributed by atoms with van der Waals surface area (Å²) in [5.41, 5.74) is 7.58. The summed E-state index contributed by atoms with van der Waals surface area (Å²) in [6.45, 7) is 3.33. The van der Waals surface area contributed by atoms with Crippen molar-refractivity contribution in [3.8, 4) is 0 Å². The monoisotopic (exact) mass is 286 g/mol. The summed E-state index contributed by atoms with van der Waals surface area (Å²) < 4.78 is 1.86. The summed E-state index contributed by atoms with van der Waals surface area (Å²) in [6, 6.07) is 9.73. The van der Waals surface area contributed by atoms with Crippen LogP contribution in [0.1, 0.15) is 25.3 Å². The van der Waals surface area contributed by atoms with Crippen LogP contribution in [0.3, 0.4) is 0 Å². The number of amides is 1. The molecule has 5 nitrogen and oxygen atoms in total. The molecular formula is C16H22N4O. The lowest BCUT2D eigenvalue weighted by molar-refractivity contribution is -0.117. The number of rotatable bonds is 7. The highest BCUT2D eigenvalue weighted by Gasteiger charge is 2.10. The van der Waals surface area contributed by atoms with Crippen molar-refractivity contribution >= 4 is 11.6 Å². The van der Waals surface area contributed by atoms with Gasteiger partial charge in [0.1, 0.15) is 0 Å². The van der Waals surface area contributed by atoms with E-state index >= 15 is 0 Å². The van der Waals surface area contributed by atoms with Crippen molar-refractivity contribution < 1.29 is 4.79 Å². The van der Waals surface area contributed by atoms with Gasteiger partial charge in [-0.15, -0.1) is 0 Å². The Morgan fingerprint density at radius 3 is 2.71 bits per heavy atom. The van der Waals surface area contributed by atoms with E-state index in [4.69, 9.17) is 5.73 Å². The van der Waals surface area contributed by atoms with Gasteiger partial charge in [-0.05, 0) is 36.2 Å². The van der Waals surface area contributed by atoms with E-state index in [0.29, 0.717) is 13.0 Å². The van der Waals surface area contributed by atoms with Gasteiger partial charge in [0.05, 0.1) is 6.54 Å². The maximum absolute atomic E-state index is 11.9. The van der Waals surface area contributed by atoms with Crippen molar-refractivity contribution in [1.29, 1.82) is 0 Å². The number of anilines is 1. The third-order valence-electron chi connectivity index (χ3n) is 3.53. The summed E-state index contributed by atoms with van der Waals surface area (Å²) in [5, 5.41) is 7.08. The van der Waals surface area contributed by atoms with E-state index in [9.17, 15) is 4.79 Å². The minimum atomic E-state index is 0.0205. The molecule has 2 aromatic rings. The minimum Gasteiger partial charge on any atom is -0.330 e. The molecule has 1 aromatic heterocycles. The molecule has 1 heterocycles. The summed E-state index contributed by atoms with van der Waals surface area (Å²) in [7, 11) is 0. The van der Waals surface area contributed by atoms with Gasteiger partial charge < -0.3 is 11.1 Å². The number of nitrogens with zero attached hydrogens (tertiary/aromatic N) is 2. The fourth-order valence-electron chi connectivity index (χ4n) is 2.14. The maximum atomic E-state index is 11.9. The number of benzene rings is 1. The molecule has 5 heteroatoms. The Bertz CT molecular complexity index is 544. The molecule has 112 valence electrons. The van der Waals surface area contributed by atoms with Gasteiger partial charge in [0.15, 0.2) is 0 Å². The molecule has 0 aliphatic carbocycles. The maximum Gasteiger partial charge on any atom is 0.224 e. The van der Waals surface area contributed by atoms with Gasteiger partial charge in [-0.1, -0.05) is 25.5 Å². The zero-order chi connectivity index (χ0) is 15.1. The highest BCUT2D eigenvalue weighted by molar-refractivity contribution is 5.90. The predicted octanol–water partition coefficient (Wildman–Crippen LogP) is 2.24. The molecule has 21 heavy (non-hydrogen) atoms. The number of hydrogen-bond donors (Lipinski definition) is 2. The number of hydrogen-bond acceptors (Lipinski definition) is 3. The smallest absolute Gasteiger partial charge is 0.224 e. The fourth-order valence-corrected chi connectivity index (χ4v) is 2.14. The van der Waals surface area contributed by atoms with Crippen molar-refractivity contribution in [2.24, 2.45) is 11.7 Å². The largest absolute Gasteiger partial charge is 0.330 e. The van der Waals surface area contributed by atoms with E-state index in [2.05, 4.69) is 17.3 Å². The summed E-state index contributed by atoms with van der Waals surface area (Å²) in [5.74, 6) is 0.274. The average molecular weight is 286 g/mol. The standard InChI is InChI=1S/C16H22N4O/c1-2-13(11-17)10-16(21)19-15-6-4-14(5-7-15)12-20-9-3-8-18-20/h3-9,13H,2,10-12,17H2,1H3,(H,19,21). The van der Waals surface area contributed by atoms with Crippen LogP contribution in [0.15, 0.2) is 42.7 Å². The van der Waals surface area contributed by atoms with Crippen LogP contribution >= 0.6 is 0 Å². The summed E-state index contributed by atoms with van der Waals surface area (Å²) in [4.78, 5) is 11.9. The van der Waals surface area contributed by atoms with Gasteiger partial charge in [0.2, 0.25) is 5.91 Å². The van der Waals surface area contributed by atoms with E-state index in [-0.39, 0.29) is 11.8 Å². The quantitative estimate of drug-likeness (QED) is 0.820. The lowest BCUT2D eigenvalue weighted by Gasteiger charge is -2.12. The van der Waals surface area contributed by atoms with Crippen molar-refractivity contribution in [2.45, 2.75) is 26.3 Å². The number of nitrogens with two attached hydrogens (primary N) is 1. The first-order valence-electron chi connectivity index (χ1n) is 7.27. The molecule has 1 unspecified atom stereocenters. The van der Waals surface area contributed by atoms with E-state index in [1.54, 1.807) is 6.20 Å². The third-order valence-corrected chi connectivity index (χ3v) is 3.53. The Labute approximate surface area is 125 Å². The molecule has 0 saturated heterocycles. The van der Waals surface area contributed by atoms with Gasteiger partial charge in [-0.3, -0.25) is 9.48 Å². The molecule has 2 rings (SSSR count). The molecule has 1 atom stereocenters. The second-order valence-corrected chi connectivity index (χ2v) is 5.16. The SMILES string of the molecule is CCC(CN)CC(=O)Nc1ccc(Cn2cccn2)cc1. The number of nitrogens with one attached hydrogen (secondary N) is 1. The van der Waals surface area contributed by atoms with Gasteiger partial charge in [-0.25, -0.2) is 0 Å². The molecule has 0 spiro atoms. The van der Waals surface area contributed by atoms with Crippen LogP contribution in [0, 0.1) is 5.92 Å². The zero-order valence-electron chi connectivity index (χ0n) is 12.3. The highest BCUT2D eigenvalue weighted by Crippen LogP contribution is 2.13. The van der Waals surface area contributed by atoms with Crippen LogP contribution in [0.5, 0.6) is 0 Å². The van der Waals surface area contributed by atoms with Crippen molar-refractivity contribution in [1.82, 2.24) is 9.78 Å². The highest BCUT2D eigenvalue weighted by atomic mass is 16.1. The molecule has 0 aliphatic rings. The van der Waals surface area contributed by atoms with E-state index < -0.39 is 0 Å². The van der Waals surface area contributed by atoms with Gasteiger partial charge in [0.25, 0.3) is 0 Å². The average Bonchev–Trinajstić information content (AvgIpc) is 3.00. The molecule has 0 saturated carbocycles. The molecular weight excluding hydrogens is 264 g/mol. The van der Waals surface area contributed by atoms with E-state index in [0.717, 1.165) is 24.2 Å². The Morgan fingerprint density at radius 2 is 2.14 bits per heavy atom. The lowest BCUT2D eigenvalue weighted by Crippen LogP contribution is -2.21. The molecule has 3 N–H and O–H groups in total. The van der Waals surface area contributed by atoms with E-state index in [1.807, 2.05) is 41.2 Å². The predicted molar refractivity (Wildman–Crippen MR) is 83.9 cm³/mol. The van der Waals surface area contributed by atoms with Crippen molar-refractivity contribution in [3.63, 3.8) is 0 Å². The Balaban J connectivity index is 1.88. The fraction of sp³-hybridized carbons (Fsp3) is 0.375. The van der Waals surface area contributed by atoms with Crippen LogP contribution < -0.4 is 11.1 Å². The second-order valence-electron chi connectivity index (χ2n) is 5.16. The number of aromatic nitrogens is 2. The Morgan fingerprint density at radius 1 is 1.38 bits per heavy atom. The van der Waals surface area contributed by atoms with Crippen LogP contribution in [0.2, 0.25) is 0 Å². The van der Waals surface area contributed by atoms with Gasteiger partial charge in [-0.2, -0.15) is 5.10 Å². The van der Waals surface area contributed by atoms with Crippen LogP contribution in [-0.4, -0.2) is 22.2 Å². The molecule has 1 amide bonds. The molecule has 0 radical (unpaired) electrons.